The fourth-order valence-corrected chi connectivity index (χ4v) is 6.05. The summed E-state index contributed by atoms with van der Waals surface area (Å²) in [4.78, 5) is 23.3. The van der Waals surface area contributed by atoms with E-state index in [-0.39, 0.29) is 5.91 Å². The number of pyridine rings is 1. The van der Waals surface area contributed by atoms with Crippen LogP contribution in [0.5, 0.6) is 0 Å². The number of aryl methyl sites for hydroxylation is 1. The van der Waals surface area contributed by atoms with Gasteiger partial charge in [-0.2, -0.15) is 0 Å². The quantitative estimate of drug-likeness (QED) is 0.353. The number of likely N-dealkylation sites (tertiary alicyclic amines) is 1. The lowest BCUT2D eigenvalue weighted by Crippen LogP contribution is -2.35. The van der Waals surface area contributed by atoms with Crippen molar-refractivity contribution >= 4 is 38.2 Å². The SMILES string of the molecule is Cc1sc2ccc(C(=O)N3CCCCC3)cc2c1CCN(C)Cc1ccnc2ccccc12. The van der Waals surface area contributed by atoms with E-state index in [0.29, 0.717) is 0 Å². The summed E-state index contributed by atoms with van der Waals surface area (Å²) in [5.74, 6) is 0.188. The highest BCUT2D eigenvalue weighted by atomic mass is 32.1. The molecule has 1 aliphatic rings. The Morgan fingerprint density at radius 1 is 1.06 bits per heavy atom. The molecule has 0 N–H and O–H groups in total. The number of para-hydroxylation sites is 1. The van der Waals surface area contributed by atoms with Gasteiger partial charge in [0.2, 0.25) is 0 Å². The molecule has 0 saturated carbocycles. The Hall–Kier alpha value is -2.76. The molecular formula is C28H31N3OS. The van der Waals surface area contributed by atoms with Gasteiger partial charge in [-0.1, -0.05) is 18.2 Å². The van der Waals surface area contributed by atoms with Gasteiger partial charge in [-0.3, -0.25) is 9.78 Å². The molecule has 5 heteroatoms. The van der Waals surface area contributed by atoms with E-state index in [1.807, 2.05) is 34.6 Å². The number of carbonyl (C=O) groups excluding carboxylic acids is 1. The number of hydrogen-bond acceptors (Lipinski definition) is 4. The third kappa shape index (κ3) is 4.66. The van der Waals surface area contributed by atoms with Crippen LogP contribution in [0, 0.1) is 6.92 Å². The van der Waals surface area contributed by atoms with Crippen molar-refractivity contribution in [2.45, 2.75) is 39.2 Å². The van der Waals surface area contributed by atoms with Gasteiger partial charge in [0.1, 0.15) is 0 Å². The molecule has 1 aliphatic heterocycles. The average molecular weight is 458 g/mol. The van der Waals surface area contributed by atoms with Gasteiger partial charge in [-0.25, -0.2) is 0 Å². The normalized spacial score (nSPS) is 14.5. The van der Waals surface area contributed by atoms with E-state index in [4.69, 9.17) is 0 Å². The van der Waals surface area contributed by atoms with Crippen molar-refractivity contribution in [3.05, 3.63) is 76.3 Å². The minimum absolute atomic E-state index is 0.188. The standard InChI is InChI=1S/C28H31N3OS/c1-20-23(13-17-30(2)19-22-12-14-29-26-9-5-4-8-24(22)26)25-18-21(10-11-27(25)33-20)28(32)31-15-6-3-7-16-31/h4-5,8-12,14,18H,3,6-7,13,15-17,19H2,1-2H3. The van der Waals surface area contributed by atoms with Gasteiger partial charge in [-0.05, 0) is 86.5 Å². The summed E-state index contributed by atoms with van der Waals surface area (Å²) in [5.41, 5.74) is 4.58. The maximum absolute atomic E-state index is 13.1. The first-order valence-corrected chi connectivity index (χ1v) is 12.7. The Kier molecular flexibility index (Phi) is 6.43. The number of thiophene rings is 1. The van der Waals surface area contributed by atoms with Crippen LogP contribution in [0.15, 0.2) is 54.7 Å². The molecule has 1 fully saturated rings. The second-order valence-electron chi connectivity index (χ2n) is 9.18. The molecule has 1 amide bonds. The summed E-state index contributed by atoms with van der Waals surface area (Å²) in [6.07, 6.45) is 6.36. The number of nitrogens with zero attached hydrogens (tertiary/aromatic N) is 3. The summed E-state index contributed by atoms with van der Waals surface area (Å²) >= 11 is 1.84. The fraction of sp³-hybridized carbons (Fsp3) is 0.357. The number of benzene rings is 2. The van der Waals surface area contributed by atoms with Gasteiger partial charge in [0.15, 0.2) is 0 Å². The van der Waals surface area contributed by atoms with Crippen LogP contribution in [0.2, 0.25) is 0 Å². The predicted molar refractivity (Wildman–Crippen MR) is 138 cm³/mol. The van der Waals surface area contributed by atoms with E-state index in [9.17, 15) is 4.79 Å². The van der Waals surface area contributed by atoms with E-state index in [1.54, 1.807) is 0 Å². The molecule has 3 heterocycles. The first kappa shape index (κ1) is 22.1. The molecular weight excluding hydrogens is 426 g/mol. The number of likely N-dealkylation sites (N-methyl/N-ethyl adjacent to an activating group) is 1. The summed E-state index contributed by atoms with van der Waals surface area (Å²) in [6.45, 7) is 5.85. The Labute approximate surface area is 199 Å². The summed E-state index contributed by atoms with van der Waals surface area (Å²) in [6, 6.07) is 16.8. The summed E-state index contributed by atoms with van der Waals surface area (Å²) in [7, 11) is 2.18. The zero-order valence-electron chi connectivity index (χ0n) is 19.5. The largest absolute Gasteiger partial charge is 0.339 e. The van der Waals surface area contributed by atoms with E-state index in [0.717, 1.165) is 56.5 Å². The van der Waals surface area contributed by atoms with Crippen molar-refractivity contribution in [3.63, 3.8) is 0 Å². The summed E-state index contributed by atoms with van der Waals surface area (Å²) < 4.78 is 1.28. The molecule has 5 rings (SSSR count). The number of amides is 1. The Morgan fingerprint density at radius 2 is 1.88 bits per heavy atom. The Balaban J connectivity index is 1.32. The number of carbonyl (C=O) groups is 1. The molecule has 2 aromatic carbocycles. The van der Waals surface area contributed by atoms with Gasteiger partial charge in [-0.15, -0.1) is 11.3 Å². The van der Waals surface area contributed by atoms with Crippen molar-refractivity contribution in [1.29, 1.82) is 0 Å². The predicted octanol–water partition coefficient (Wildman–Crippen LogP) is 6.06. The molecule has 2 aromatic heterocycles. The average Bonchev–Trinajstić information content (AvgIpc) is 3.17. The lowest BCUT2D eigenvalue weighted by molar-refractivity contribution is 0.0724. The monoisotopic (exact) mass is 457 g/mol. The maximum atomic E-state index is 13.1. The van der Waals surface area contributed by atoms with E-state index >= 15 is 0 Å². The highest BCUT2D eigenvalue weighted by Gasteiger charge is 2.20. The third-order valence-electron chi connectivity index (χ3n) is 6.81. The molecule has 170 valence electrons. The maximum Gasteiger partial charge on any atom is 0.253 e. The molecule has 4 aromatic rings. The molecule has 0 unspecified atom stereocenters. The molecule has 1 saturated heterocycles. The van der Waals surface area contributed by atoms with Crippen molar-refractivity contribution in [2.75, 3.05) is 26.7 Å². The van der Waals surface area contributed by atoms with E-state index in [1.165, 1.54) is 37.9 Å². The molecule has 0 atom stereocenters. The Morgan fingerprint density at radius 3 is 2.73 bits per heavy atom. The topological polar surface area (TPSA) is 36.4 Å². The van der Waals surface area contributed by atoms with Crippen LogP contribution < -0.4 is 0 Å². The van der Waals surface area contributed by atoms with Crippen LogP contribution in [0.4, 0.5) is 0 Å². The smallest absolute Gasteiger partial charge is 0.253 e. The number of fused-ring (bicyclic) bond motifs is 2. The van der Waals surface area contributed by atoms with Gasteiger partial charge in [0.25, 0.3) is 5.91 Å². The molecule has 0 aliphatic carbocycles. The van der Waals surface area contributed by atoms with E-state index in [2.05, 4.69) is 60.3 Å². The molecule has 0 bridgehead atoms. The van der Waals surface area contributed by atoms with Crippen molar-refractivity contribution in [2.24, 2.45) is 0 Å². The van der Waals surface area contributed by atoms with Crippen molar-refractivity contribution in [3.8, 4) is 0 Å². The first-order chi connectivity index (χ1) is 16.1. The highest BCUT2D eigenvalue weighted by molar-refractivity contribution is 7.19. The molecule has 0 radical (unpaired) electrons. The molecule has 0 spiro atoms. The lowest BCUT2D eigenvalue weighted by Gasteiger charge is -2.26. The molecule has 4 nitrogen and oxygen atoms in total. The first-order valence-electron chi connectivity index (χ1n) is 11.9. The van der Waals surface area contributed by atoms with Crippen LogP contribution in [0.25, 0.3) is 21.0 Å². The minimum Gasteiger partial charge on any atom is -0.339 e. The number of hydrogen-bond donors (Lipinski definition) is 0. The summed E-state index contributed by atoms with van der Waals surface area (Å²) in [5, 5.41) is 2.48. The van der Waals surface area contributed by atoms with Crippen LogP contribution in [-0.2, 0) is 13.0 Å². The third-order valence-corrected chi connectivity index (χ3v) is 7.93. The van der Waals surface area contributed by atoms with Gasteiger partial charge in [0, 0.05) is 52.9 Å². The van der Waals surface area contributed by atoms with Crippen LogP contribution >= 0.6 is 11.3 Å². The van der Waals surface area contributed by atoms with Gasteiger partial charge >= 0.3 is 0 Å². The van der Waals surface area contributed by atoms with Gasteiger partial charge < -0.3 is 9.80 Å². The number of piperidine rings is 1. The lowest BCUT2D eigenvalue weighted by atomic mass is 10.0. The van der Waals surface area contributed by atoms with Crippen LogP contribution in [0.1, 0.15) is 45.6 Å². The van der Waals surface area contributed by atoms with Crippen LogP contribution in [-0.4, -0.2) is 47.4 Å². The van der Waals surface area contributed by atoms with Crippen molar-refractivity contribution < 1.29 is 4.79 Å². The minimum atomic E-state index is 0.188. The molecule has 33 heavy (non-hydrogen) atoms. The second-order valence-corrected chi connectivity index (χ2v) is 10.4. The zero-order valence-corrected chi connectivity index (χ0v) is 20.3. The van der Waals surface area contributed by atoms with Gasteiger partial charge in [0.05, 0.1) is 5.52 Å². The van der Waals surface area contributed by atoms with Crippen molar-refractivity contribution in [1.82, 2.24) is 14.8 Å². The fourth-order valence-electron chi connectivity index (χ4n) is 4.96. The highest BCUT2D eigenvalue weighted by Crippen LogP contribution is 2.32. The van der Waals surface area contributed by atoms with E-state index < -0.39 is 0 Å². The number of rotatable bonds is 6. The second kappa shape index (κ2) is 9.62. The van der Waals surface area contributed by atoms with Crippen LogP contribution in [0.3, 0.4) is 0 Å². The number of aromatic nitrogens is 1. The zero-order chi connectivity index (χ0) is 22.8. The Bertz CT molecular complexity index is 1280.